The number of pyridine rings is 1. The van der Waals surface area contributed by atoms with Crippen molar-refractivity contribution in [2.45, 2.75) is 32.5 Å². The van der Waals surface area contributed by atoms with Crippen LogP contribution in [0.2, 0.25) is 0 Å². The molecule has 0 aliphatic carbocycles. The Hall–Kier alpha value is -1.45. The Bertz CT molecular complexity index is 551. The van der Waals surface area contributed by atoms with Crippen molar-refractivity contribution in [3.05, 3.63) is 42.2 Å². The zero-order chi connectivity index (χ0) is 13.2. The highest BCUT2D eigenvalue weighted by atomic mass is 15.2. The Morgan fingerprint density at radius 1 is 1.16 bits per heavy atom. The van der Waals surface area contributed by atoms with Crippen molar-refractivity contribution in [3.63, 3.8) is 0 Å². The molecule has 0 amide bonds. The minimum absolute atomic E-state index is 0.562. The summed E-state index contributed by atoms with van der Waals surface area (Å²) in [5, 5.41) is 6.14. The lowest BCUT2D eigenvalue weighted by atomic mass is 10.1. The maximum atomic E-state index is 4.37. The second kappa shape index (κ2) is 5.27. The van der Waals surface area contributed by atoms with Gasteiger partial charge in [0.2, 0.25) is 0 Å². The lowest BCUT2D eigenvalue weighted by Gasteiger charge is -2.36. The van der Waals surface area contributed by atoms with Crippen LogP contribution in [-0.4, -0.2) is 35.1 Å². The average Bonchev–Trinajstić information content (AvgIpc) is 2.38. The molecule has 2 aromatic rings. The van der Waals surface area contributed by atoms with Crippen LogP contribution in [0.15, 0.2) is 36.7 Å². The van der Waals surface area contributed by atoms with Gasteiger partial charge in [-0.3, -0.25) is 9.88 Å². The first-order chi connectivity index (χ1) is 9.22. The fraction of sp³-hybridized carbons (Fsp3) is 0.438. The predicted octanol–water partition coefficient (Wildman–Crippen LogP) is 2.42. The van der Waals surface area contributed by atoms with E-state index in [1.807, 2.05) is 12.4 Å². The smallest absolute Gasteiger partial charge is 0.0346 e. The normalized spacial score (nSPS) is 24.7. The van der Waals surface area contributed by atoms with Gasteiger partial charge in [-0.05, 0) is 24.8 Å². The van der Waals surface area contributed by atoms with Crippen LogP contribution < -0.4 is 5.32 Å². The molecule has 0 radical (unpaired) electrons. The van der Waals surface area contributed by atoms with E-state index in [-0.39, 0.29) is 0 Å². The Labute approximate surface area is 114 Å². The molecule has 0 spiro atoms. The number of fused-ring (bicyclic) bond motifs is 1. The van der Waals surface area contributed by atoms with E-state index in [0.717, 1.165) is 19.6 Å². The van der Waals surface area contributed by atoms with Crippen LogP contribution >= 0.6 is 0 Å². The van der Waals surface area contributed by atoms with Crippen molar-refractivity contribution < 1.29 is 0 Å². The summed E-state index contributed by atoms with van der Waals surface area (Å²) < 4.78 is 0. The van der Waals surface area contributed by atoms with Gasteiger partial charge >= 0.3 is 0 Å². The first-order valence-electron chi connectivity index (χ1n) is 7.02. The maximum Gasteiger partial charge on any atom is 0.0346 e. The van der Waals surface area contributed by atoms with E-state index in [2.05, 4.69) is 53.3 Å². The monoisotopic (exact) mass is 255 g/mol. The Morgan fingerprint density at radius 3 is 2.68 bits per heavy atom. The SMILES string of the molecule is CC1CN(Cc2cncc3ccccc23)CC(C)N1. The fourth-order valence-electron chi connectivity index (χ4n) is 3.12. The summed E-state index contributed by atoms with van der Waals surface area (Å²) in [5.74, 6) is 0. The minimum Gasteiger partial charge on any atom is -0.309 e. The van der Waals surface area contributed by atoms with Crippen molar-refractivity contribution in [2.24, 2.45) is 0 Å². The minimum atomic E-state index is 0.562. The molecule has 1 aliphatic rings. The van der Waals surface area contributed by atoms with Gasteiger partial charge in [0.1, 0.15) is 0 Å². The average molecular weight is 255 g/mol. The zero-order valence-electron chi connectivity index (χ0n) is 11.6. The molecule has 1 aromatic carbocycles. The van der Waals surface area contributed by atoms with E-state index < -0.39 is 0 Å². The van der Waals surface area contributed by atoms with Gasteiger partial charge in [0, 0.05) is 49.5 Å². The van der Waals surface area contributed by atoms with Crippen LogP contribution in [0.3, 0.4) is 0 Å². The zero-order valence-corrected chi connectivity index (χ0v) is 11.6. The summed E-state index contributed by atoms with van der Waals surface area (Å²) >= 11 is 0. The Balaban J connectivity index is 1.85. The molecule has 0 bridgehead atoms. The lowest BCUT2D eigenvalue weighted by Crippen LogP contribution is -2.53. The molecule has 3 nitrogen and oxygen atoms in total. The number of hydrogen-bond donors (Lipinski definition) is 1. The van der Waals surface area contributed by atoms with Crippen LogP contribution in [0, 0.1) is 0 Å². The Morgan fingerprint density at radius 2 is 1.89 bits per heavy atom. The Kier molecular flexibility index (Phi) is 3.49. The van der Waals surface area contributed by atoms with Gasteiger partial charge in [0.25, 0.3) is 0 Å². The highest BCUT2D eigenvalue weighted by Gasteiger charge is 2.21. The second-order valence-corrected chi connectivity index (χ2v) is 5.68. The fourth-order valence-corrected chi connectivity index (χ4v) is 3.12. The van der Waals surface area contributed by atoms with Crippen molar-refractivity contribution in [1.29, 1.82) is 0 Å². The lowest BCUT2D eigenvalue weighted by molar-refractivity contribution is 0.167. The van der Waals surface area contributed by atoms with Crippen molar-refractivity contribution in [1.82, 2.24) is 15.2 Å². The molecular formula is C16H21N3. The van der Waals surface area contributed by atoms with Crippen LogP contribution in [-0.2, 0) is 6.54 Å². The topological polar surface area (TPSA) is 28.2 Å². The van der Waals surface area contributed by atoms with Crippen molar-refractivity contribution in [2.75, 3.05) is 13.1 Å². The summed E-state index contributed by atoms with van der Waals surface area (Å²) in [6.07, 6.45) is 3.96. The summed E-state index contributed by atoms with van der Waals surface area (Å²) in [5.41, 5.74) is 1.33. The molecule has 100 valence electrons. The van der Waals surface area contributed by atoms with E-state index in [1.165, 1.54) is 16.3 Å². The molecule has 19 heavy (non-hydrogen) atoms. The van der Waals surface area contributed by atoms with Gasteiger partial charge in [-0.25, -0.2) is 0 Å². The number of nitrogens with zero attached hydrogens (tertiary/aromatic N) is 2. The standard InChI is InChI=1S/C16H21N3/c1-12-9-19(10-13(2)18-12)11-15-8-17-7-14-5-3-4-6-16(14)15/h3-8,12-13,18H,9-11H2,1-2H3. The van der Waals surface area contributed by atoms with Gasteiger partial charge in [0.15, 0.2) is 0 Å². The molecular weight excluding hydrogens is 234 g/mol. The number of benzene rings is 1. The van der Waals surface area contributed by atoms with Gasteiger partial charge in [-0.15, -0.1) is 0 Å². The molecule has 2 atom stereocenters. The van der Waals surface area contributed by atoms with Gasteiger partial charge in [0.05, 0.1) is 0 Å². The van der Waals surface area contributed by atoms with E-state index >= 15 is 0 Å². The number of piperazine rings is 1. The molecule has 2 heterocycles. The molecule has 1 N–H and O–H groups in total. The van der Waals surface area contributed by atoms with Crippen LogP contribution in [0.5, 0.6) is 0 Å². The van der Waals surface area contributed by atoms with Crippen LogP contribution in [0.4, 0.5) is 0 Å². The van der Waals surface area contributed by atoms with E-state index in [1.54, 1.807) is 0 Å². The van der Waals surface area contributed by atoms with Crippen LogP contribution in [0.25, 0.3) is 10.8 Å². The van der Waals surface area contributed by atoms with E-state index in [9.17, 15) is 0 Å². The molecule has 1 aromatic heterocycles. The molecule has 1 aliphatic heterocycles. The molecule has 1 fully saturated rings. The first-order valence-corrected chi connectivity index (χ1v) is 7.02. The van der Waals surface area contributed by atoms with Crippen molar-refractivity contribution in [3.8, 4) is 0 Å². The van der Waals surface area contributed by atoms with Crippen LogP contribution in [0.1, 0.15) is 19.4 Å². The quantitative estimate of drug-likeness (QED) is 0.893. The van der Waals surface area contributed by atoms with E-state index in [0.29, 0.717) is 12.1 Å². The van der Waals surface area contributed by atoms with Crippen molar-refractivity contribution >= 4 is 10.8 Å². The second-order valence-electron chi connectivity index (χ2n) is 5.68. The third kappa shape index (κ3) is 2.77. The molecule has 2 unspecified atom stereocenters. The summed E-state index contributed by atoms with van der Waals surface area (Å²) in [4.78, 5) is 6.90. The van der Waals surface area contributed by atoms with E-state index in [4.69, 9.17) is 0 Å². The molecule has 1 saturated heterocycles. The summed E-state index contributed by atoms with van der Waals surface area (Å²) in [7, 11) is 0. The highest BCUT2D eigenvalue weighted by molar-refractivity contribution is 5.84. The number of rotatable bonds is 2. The number of aromatic nitrogens is 1. The van der Waals surface area contributed by atoms with Gasteiger partial charge in [-0.1, -0.05) is 24.3 Å². The predicted molar refractivity (Wildman–Crippen MR) is 79.1 cm³/mol. The molecule has 3 heteroatoms. The highest BCUT2D eigenvalue weighted by Crippen LogP contribution is 2.19. The summed E-state index contributed by atoms with van der Waals surface area (Å²) in [6.45, 7) is 7.71. The van der Waals surface area contributed by atoms with Gasteiger partial charge in [-0.2, -0.15) is 0 Å². The summed E-state index contributed by atoms with van der Waals surface area (Å²) in [6, 6.07) is 9.63. The first kappa shape index (κ1) is 12.6. The largest absolute Gasteiger partial charge is 0.309 e. The van der Waals surface area contributed by atoms with Gasteiger partial charge < -0.3 is 5.32 Å². The molecule has 0 saturated carbocycles. The number of nitrogens with one attached hydrogen (secondary N) is 1. The maximum absolute atomic E-state index is 4.37. The third-order valence-corrected chi connectivity index (χ3v) is 3.78. The third-order valence-electron chi connectivity index (χ3n) is 3.78. The molecule has 3 rings (SSSR count). The number of hydrogen-bond acceptors (Lipinski definition) is 3.